The fourth-order valence-electron chi connectivity index (χ4n) is 2.97. The summed E-state index contributed by atoms with van der Waals surface area (Å²) in [4.78, 5) is 12.2. The lowest BCUT2D eigenvalue weighted by Gasteiger charge is -2.37. The van der Waals surface area contributed by atoms with Crippen LogP contribution < -0.4 is 0 Å². The summed E-state index contributed by atoms with van der Waals surface area (Å²) in [5.74, 6) is -0.283. The van der Waals surface area contributed by atoms with Crippen LogP contribution in [0.4, 0.5) is 0 Å². The number of hydrogen-bond acceptors (Lipinski definition) is 5. The van der Waals surface area contributed by atoms with Crippen LogP contribution in [0.5, 0.6) is 0 Å². The van der Waals surface area contributed by atoms with Gasteiger partial charge in [0.05, 0.1) is 31.0 Å². The van der Waals surface area contributed by atoms with E-state index in [1.54, 1.807) is 12.1 Å². The first-order chi connectivity index (χ1) is 13.1. The Morgan fingerprint density at radius 2 is 1.79 bits per heavy atom. The van der Waals surface area contributed by atoms with Crippen molar-refractivity contribution in [2.24, 2.45) is 0 Å². The zero-order valence-electron chi connectivity index (χ0n) is 17.9. The summed E-state index contributed by atoms with van der Waals surface area (Å²) in [5, 5.41) is 10.4. The van der Waals surface area contributed by atoms with E-state index >= 15 is 0 Å². The predicted octanol–water partition coefficient (Wildman–Crippen LogP) is 4.55. The summed E-state index contributed by atoms with van der Waals surface area (Å²) in [6.07, 6.45) is 2.64. The van der Waals surface area contributed by atoms with Gasteiger partial charge in [-0.1, -0.05) is 39.0 Å². The van der Waals surface area contributed by atoms with Crippen LogP contribution in [0, 0.1) is 0 Å². The molecule has 1 aromatic carbocycles. The molecular weight excluding hydrogens is 372 g/mol. The number of aliphatic hydroxyl groups is 1. The molecule has 0 aliphatic heterocycles. The molecule has 3 atom stereocenters. The Bertz CT molecular complexity index is 611. The molecule has 1 fully saturated rings. The van der Waals surface area contributed by atoms with Gasteiger partial charge in [0, 0.05) is 6.42 Å². The van der Waals surface area contributed by atoms with Crippen molar-refractivity contribution in [3.63, 3.8) is 0 Å². The van der Waals surface area contributed by atoms with Gasteiger partial charge < -0.3 is 19.0 Å². The largest absolute Gasteiger partial charge is 0.459 e. The Morgan fingerprint density at radius 1 is 1.14 bits per heavy atom. The van der Waals surface area contributed by atoms with Crippen molar-refractivity contribution in [1.29, 1.82) is 0 Å². The Morgan fingerprint density at radius 3 is 2.43 bits per heavy atom. The zero-order valence-corrected chi connectivity index (χ0v) is 18.9. The van der Waals surface area contributed by atoms with Gasteiger partial charge in [0.25, 0.3) is 0 Å². The van der Waals surface area contributed by atoms with E-state index in [1.165, 1.54) is 0 Å². The molecule has 5 nitrogen and oxygen atoms in total. The molecule has 1 aliphatic rings. The maximum Gasteiger partial charge on any atom is 0.338 e. The normalized spacial score (nSPS) is 21.9. The molecule has 0 spiro atoms. The molecule has 1 aliphatic carbocycles. The molecule has 0 saturated heterocycles. The number of aliphatic hydroxyl groups excluding tert-OH is 1. The number of hydrogen-bond donors (Lipinski definition) is 1. The van der Waals surface area contributed by atoms with Crippen LogP contribution in [-0.2, 0) is 13.9 Å². The van der Waals surface area contributed by atoms with E-state index in [1.807, 2.05) is 18.2 Å². The van der Waals surface area contributed by atoms with Crippen LogP contribution in [0.25, 0.3) is 0 Å². The van der Waals surface area contributed by atoms with E-state index < -0.39 is 14.4 Å². The second-order valence-corrected chi connectivity index (χ2v) is 14.0. The standard InChI is InChI=1S/C22H36O5Si/c1-22(2,3)28(4,5)26-16-18(23)15-25-19-12-9-13-20(14-19)27-21(24)17-10-7-6-8-11-17/h6-8,10-11,18-20,23H,9,12-16H2,1-5H3/t18?,19-,20+/m1/s1. The first-order valence-corrected chi connectivity index (χ1v) is 13.2. The van der Waals surface area contributed by atoms with E-state index in [9.17, 15) is 9.90 Å². The van der Waals surface area contributed by atoms with E-state index in [2.05, 4.69) is 33.9 Å². The minimum Gasteiger partial charge on any atom is -0.459 e. The van der Waals surface area contributed by atoms with Crippen molar-refractivity contribution in [2.45, 2.75) is 82.9 Å². The Kier molecular flexibility index (Phi) is 8.25. The highest BCUT2D eigenvalue weighted by Crippen LogP contribution is 2.36. The molecule has 0 bridgehead atoms. The second kappa shape index (κ2) is 10.0. The van der Waals surface area contributed by atoms with Gasteiger partial charge >= 0.3 is 5.97 Å². The van der Waals surface area contributed by atoms with Crippen LogP contribution in [0.1, 0.15) is 56.8 Å². The smallest absolute Gasteiger partial charge is 0.338 e. The van der Waals surface area contributed by atoms with Gasteiger partial charge in [-0.2, -0.15) is 0 Å². The number of carbonyl (C=O) groups is 1. The molecule has 0 aromatic heterocycles. The summed E-state index contributed by atoms with van der Waals surface area (Å²) in [5.41, 5.74) is 0.573. The van der Waals surface area contributed by atoms with Crippen LogP contribution in [-0.4, -0.2) is 50.9 Å². The molecule has 1 unspecified atom stereocenters. The van der Waals surface area contributed by atoms with Crippen molar-refractivity contribution in [2.75, 3.05) is 13.2 Å². The molecule has 1 aromatic rings. The fourth-order valence-corrected chi connectivity index (χ4v) is 4.01. The average Bonchev–Trinajstić information content (AvgIpc) is 2.65. The summed E-state index contributed by atoms with van der Waals surface area (Å²) in [6, 6.07) is 9.06. The van der Waals surface area contributed by atoms with Crippen molar-refractivity contribution in [3.8, 4) is 0 Å². The summed E-state index contributed by atoms with van der Waals surface area (Å²) in [7, 11) is -1.87. The van der Waals surface area contributed by atoms with Crippen LogP contribution in [0.15, 0.2) is 30.3 Å². The maximum absolute atomic E-state index is 12.2. The summed E-state index contributed by atoms with van der Waals surface area (Å²) >= 11 is 0. The monoisotopic (exact) mass is 408 g/mol. The van der Waals surface area contributed by atoms with Crippen LogP contribution in [0.2, 0.25) is 18.1 Å². The van der Waals surface area contributed by atoms with Gasteiger partial charge in [0.15, 0.2) is 8.32 Å². The summed E-state index contributed by atoms with van der Waals surface area (Å²) < 4.78 is 17.6. The number of ether oxygens (including phenoxy) is 2. The Hall–Kier alpha value is -1.21. The third-order valence-electron chi connectivity index (χ3n) is 5.83. The van der Waals surface area contributed by atoms with E-state index in [4.69, 9.17) is 13.9 Å². The highest BCUT2D eigenvalue weighted by molar-refractivity contribution is 6.74. The first kappa shape index (κ1) is 23.1. The fraction of sp³-hybridized carbons (Fsp3) is 0.682. The lowest BCUT2D eigenvalue weighted by molar-refractivity contribution is -0.0621. The van der Waals surface area contributed by atoms with Crippen molar-refractivity contribution >= 4 is 14.3 Å². The van der Waals surface area contributed by atoms with E-state index in [-0.39, 0.29) is 29.8 Å². The minimum atomic E-state index is -1.87. The molecule has 28 heavy (non-hydrogen) atoms. The predicted molar refractivity (Wildman–Crippen MR) is 113 cm³/mol. The summed E-state index contributed by atoms with van der Waals surface area (Å²) in [6.45, 7) is 11.4. The molecule has 1 saturated carbocycles. The SMILES string of the molecule is CC(C)(C)[Si](C)(C)OCC(O)CO[C@@H]1CCC[C@H](OC(=O)c2ccccc2)C1. The topological polar surface area (TPSA) is 65.0 Å². The van der Waals surface area contributed by atoms with Gasteiger partial charge in [-0.3, -0.25) is 0 Å². The van der Waals surface area contributed by atoms with Gasteiger partial charge in [0.1, 0.15) is 6.10 Å². The lowest BCUT2D eigenvalue weighted by atomic mass is 9.94. The van der Waals surface area contributed by atoms with Crippen LogP contribution in [0.3, 0.4) is 0 Å². The second-order valence-electron chi connectivity index (χ2n) is 9.24. The number of carbonyl (C=O) groups excluding carboxylic acids is 1. The quantitative estimate of drug-likeness (QED) is 0.505. The maximum atomic E-state index is 12.2. The zero-order chi connectivity index (χ0) is 20.8. The van der Waals surface area contributed by atoms with Crippen LogP contribution >= 0.6 is 0 Å². The number of benzene rings is 1. The highest BCUT2D eigenvalue weighted by atomic mass is 28.4. The Balaban J connectivity index is 1.73. The molecule has 0 radical (unpaired) electrons. The minimum absolute atomic E-state index is 0.00449. The lowest BCUT2D eigenvalue weighted by Crippen LogP contribution is -2.43. The van der Waals surface area contributed by atoms with Crippen molar-refractivity contribution in [3.05, 3.63) is 35.9 Å². The molecule has 0 heterocycles. The molecule has 6 heteroatoms. The molecule has 1 N–H and O–H groups in total. The molecule has 158 valence electrons. The van der Waals surface area contributed by atoms with Gasteiger partial charge in [0.2, 0.25) is 0 Å². The van der Waals surface area contributed by atoms with Gasteiger partial charge in [-0.15, -0.1) is 0 Å². The van der Waals surface area contributed by atoms with Crippen molar-refractivity contribution < 1.29 is 23.8 Å². The highest BCUT2D eigenvalue weighted by Gasteiger charge is 2.37. The molecular formula is C22H36O5Si. The van der Waals surface area contributed by atoms with Gasteiger partial charge in [-0.25, -0.2) is 4.79 Å². The third kappa shape index (κ3) is 6.99. The number of rotatable bonds is 8. The van der Waals surface area contributed by atoms with Gasteiger partial charge in [-0.05, 0) is 49.5 Å². The van der Waals surface area contributed by atoms with E-state index in [0.29, 0.717) is 18.6 Å². The first-order valence-electron chi connectivity index (χ1n) is 10.3. The Labute approximate surface area is 170 Å². The molecule has 0 amide bonds. The number of esters is 1. The van der Waals surface area contributed by atoms with Crippen molar-refractivity contribution in [1.82, 2.24) is 0 Å². The van der Waals surface area contributed by atoms with E-state index in [0.717, 1.165) is 19.3 Å². The average molecular weight is 409 g/mol. The molecule has 2 rings (SSSR count). The third-order valence-corrected chi connectivity index (χ3v) is 10.3.